The largest absolute Gasteiger partial charge is 0.480 e. The van der Waals surface area contributed by atoms with Gasteiger partial charge in [0.2, 0.25) is 11.8 Å². The topological polar surface area (TPSA) is 56.3 Å². The van der Waals surface area contributed by atoms with Gasteiger partial charge in [-0.25, -0.2) is 4.98 Å². The fourth-order valence-corrected chi connectivity index (χ4v) is 2.01. The summed E-state index contributed by atoms with van der Waals surface area (Å²) in [6.45, 7) is 7.57. The number of methoxy groups -OCH3 is 2. The molecule has 1 aromatic rings. The highest BCUT2D eigenvalue weighted by atomic mass is 16.5. The average Bonchev–Trinajstić information content (AvgIpc) is 2.46. The van der Waals surface area contributed by atoms with Gasteiger partial charge in [0.05, 0.1) is 26.5 Å². The lowest BCUT2D eigenvalue weighted by Gasteiger charge is -2.20. The van der Waals surface area contributed by atoms with E-state index >= 15 is 0 Å². The first kappa shape index (κ1) is 16.7. The molecule has 5 nitrogen and oxygen atoms in total. The van der Waals surface area contributed by atoms with Crippen molar-refractivity contribution in [3.8, 4) is 11.8 Å². The summed E-state index contributed by atoms with van der Waals surface area (Å²) in [4.78, 5) is 8.80. The van der Waals surface area contributed by atoms with Gasteiger partial charge in [-0.3, -0.25) is 0 Å². The van der Waals surface area contributed by atoms with E-state index in [1.807, 2.05) is 0 Å². The Morgan fingerprint density at radius 3 is 2.50 bits per heavy atom. The molecule has 1 rings (SSSR count). The Morgan fingerprint density at radius 1 is 1.20 bits per heavy atom. The number of hydrogen-bond acceptors (Lipinski definition) is 5. The Morgan fingerprint density at radius 2 is 1.95 bits per heavy atom. The number of hydrogen-bond donors (Lipinski definition) is 1. The van der Waals surface area contributed by atoms with Crippen molar-refractivity contribution < 1.29 is 9.47 Å². The molecule has 5 heteroatoms. The number of nitrogens with one attached hydrogen (secondary N) is 1. The van der Waals surface area contributed by atoms with Gasteiger partial charge in [-0.2, -0.15) is 4.98 Å². The van der Waals surface area contributed by atoms with E-state index in [0.29, 0.717) is 17.7 Å². The van der Waals surface area contributed by atoms with Crippen LogP contribution in [0.5, 0.6) is 11.8 Å². The third-order valence-corrected chi connectivity index (χ3v) is 3.15. The molecule has 1 unspecified atom stereocenters. The van der Waals surface area contributed by atoms with E-state index in [1.165, 1.54) is 0 Å². The smallest absolute Gasteiger partial charge is 0.240 e. The highest BCUT2D eigenvalue weighted by molar-refractivity contribution is 5.25. The van der Waals surface area contributed by atoms with E-state index in [0.717, 1.165) is 31.5 Å². The van der Waals surface area contributed by atoms with Crippen LogP contribution in [-0.4, -0.2) is 30.7 Å². The van der Waals surface area contributed by atoms with Crippen LogP contribution in [0.3, 0.4) is 0 Å². The Kier molecular flexibility index (Phi) is 7.30. The molecule has 0 saturated carbocycles. The van der Waals surface area contributed by atoms with Crippen molar-refractivity contribution >= 4 is 0 Å². The fourth-order valence-electron chi connectivity index (χ4n) is 2.01. The summed E-state index contributed by atoms with van der Waals surface area (Å²) in [7, 11) is 3.20. The summed E-state index contributed by atoms with van der Waals surface area (Å²) in [5, 5.41) is 3.53. The van der Waals surface area contributed by atoms with Crippen molar-refractivity contribution in [2.45, 2.75) is 46.1 Å². The zero-order chi connectivity index (χ0) is 15.0. The van der Waals surface area contributed by atoms with Crippen LogP contribution in [0.2, 0.25) is 0 Å². The lowest BCUT2D eigenvalue weighted by Crippen LogP contribution is -2.24. The maximum atomic E-state index is 5.36. The molecule has 1 atom stereocenters. The predicted molar refractivity (Wildman–Crippen MR) is 80.2 cm³/mol. The van der Waals surface area contributed by atoms with Crippen LogP contribution >= 0.6 is 0 Å². The summed E-state index contributed by atoms with van der Waals surface area (Å²) >= 11 is 0. The summed E-state index contributed by atoms with van der Waals surface area (Å²) in [5.41, 5.74) is 0.863. The van der Waals surface area contributed by atoms with E-state index in [1.54, 1.807) is 20.4 Å². The van der Waals surface area contributed by atoms with Crippen molar-refractivity contribution in [3.63, 3.8) is 0 Å². The number of ether oxygens (including phenoxy) is 2. The Hall–Kier alpha value is -1.36. The summed E-state index contributed by atoms with van der Waals surface area (Å²) in [6.07, 6.45) is 4.89. The molecule has 20 heavy (non-hydrogen) atoms. The zero-order valence-electron chi connectivity index (χ0n) is 13.3. The number of nitrogens with zero attached hydrogens (tertiary/aromatic N) is 2. The van der Waals surface area contributed by atoms with E-state index in [4.69, 9.17) is 9.47 Å². The molecule has 0 aliphatic heterocycles. The summed E-state index contributed by atoms with van der Waals surface area (Å²) < 4.78 is 10.5. The normalized spacial score (nSPS) is 12.5. The second kappa shape index (κ2) is 8.74. The molecule has 1 N–H and O–H groups in total. The van der Waals surface area contributed by atoms with Gasteiger partial charge in [-0.05, 0) is 31.7 Å². The molecule has 0 spiro atoms. The van der Waals surface area contributed by atoms with Crippen LogP contribution < -0.4 is 14.8 Å². The first-order chi connectivity index (χ1) is 9.62. The maximum Gasteiger partial charge on any atom is 0.240 e. The van der Waals surface area contributed by atoms with Crippen LogP contribution in [-0.2, 0) is 0 Å². The second-order valence-corrected chi connectivity index (χ2v) is 5.28. The third kappa shape index (κ3) is 4.96. The first-order valence-corrected chi connectivity index (χ1v) is 7.30. The molecule has 1 aromatic heterocycles. The zero-order valence-corrected chi connectivity index (χ0v) is 13.3. The minimum absolute atomic E-state index is 0.172. The monoisotopic (exact) mass is 281 g/mol. The molecule has 0 amide bonds. The lowest BCUT2D eigenvalue weighted by molar-refractivity contribution is 0.343. The number of rotatable bonds is 9. The molecule has 0 aliphatic carbocycles. The SMILES string of the molecule is CCCNC(CCC(C)C)c1ncc(OC)nc1OC. The standard InChI is InChI=1S/C15H27N3O2/c1-6-9-16-12(8-7-11(2)3)14-15(20-5)18-13(19-4)10-17-14/h10-12,16H,6-9H2,1-5H3. The van der Waals surface area contributed by atoms with Gasteiger partial charge in [0.15, 0.2) is 0 Å². The molecular formula is C15H27N3O2. The van der Waals surface area contributed by atoms with E-state index in [-0.39, 0.29) is 6.04 Å². The van der Waals surface area contributed by atoms with Crippen LogP contribution in [0, 0.1) is 5.92 Å². The van der Waals surface area contributed by atoms with E-state index in [2.05, 4.69) is 36.1 Å². The van der Waals surface area contributed by atoms with Gasteiger partial charge >= 0.3 is 0 Å². The number of aromatic nitrogens is 2. The first-order valence-electron chi connectivity index (χ1n) is 7.30. The minimum Gasteiger partial charge on any atom is -0.480 e. The summed E-state index contributed by atoms with van der Waals surface area (Å²) in [5.74, 6) is 1.68. The van der Waals surface area contributed by atoms with E-state index < -0.39 is 0 Å². The molecule has 0 aromatic carbocycles. The van der Waals surface area contributed by atoms with E-state index in [9.17, 15) is 0 Å². The molecule has 0 radical (unpaired) electrons. The average molecular weight is 281 g/mol. The van der Waals surface area contributed by atoms with Crippen molar-refractivity contribution in [2.24, 2.45) is 5.92 Å². The Bertz CT molecular complexity index is 397. The fraction of sp³-hybridized carbons (Fsp3) is 0.733. The molecule has 0 fully saturated rings. The van der Waals surface area contributed by atoms with Crippen molar-refractivity contribution in [1.82, 2.24) is 15.3 Å². The minimum atomic E-state index is 0.172. The lowest BCUT2D eigenvalue weighted by atomic mass is 10.0. The van der Waals surface area contributed by atoms with Crippen LogP contribution in [0.1, 0.15) is 51.8 Å². The summed E-state index contributed by atoms with van der Waals surface area (Å²) in [6, 6.07) is 0.172. The van der Waals surface area contributed by atoms with Gasteiger partial charge in [-0.15, -0.1) is 0 Å². The molecular weight excluding hydrogens is 254 g/mol. The molecule has 1 heterocycles. The van der Waals surface area contributed by atoms with Gasteiger partial charge < -0.3 is 14.8 Å². The predicted octanol–water partition coefficient (Wildman–Crippen LogP) is 2.97. The van der Waals surface area contributed by atoms with Crippen molar-refractivity contribution in [3.05, 3.63) is 11.9 Å². The molecule has 114 valence electrons. The van der Waals surface area contributed by atoms with Gasteiger partial charge in [0.1, 0.15) is 5.69 Å². The second-order valence-electron chi connectivity index (χ2n) is 5.28. The third-order valence-electron chi connectivity index (χ3n) is 3.15. The van der Waals surface area contributed by atoms with Gasteiger partial charge in [0.25, 0.3) is 0 Å². The van der Waals surface area contributed by atoms with Gasteiger partial charge in [0, 0.05) is 0 Å². The quantitative estimate of drug-likeness (QED) is 0.754. The van der Waals surface area contributed by atoms with Crippen molar-refractivity contribution in [2.75, 3.05) is 20.8 Å². The highest BCUT2D eigenvalue weighted by Gasteiger charge is 2.19. The Labute approximate surface area is 122 Å². The van der Waals surface area contributed by atoms with Crippen LogP contribution in [0.4, 0.5) is 0 Å². The van der Waals surface area contributed by atoms with Crippen molar-refractivity contribution in [1.29, 1.82) is 0 Å². The van der Waals surface area contributed by atoms with Crippen LogP contribution in [0.25, 0.3) is 0 Å². The van der Waals surface area contributed by atoms with Gasteiger partial charge in [-0.1, -0.05) is 20.8 Å². The maximum absolute atomic E-state index is 5.36. The molecule has 0 bridgehead atoms. The molecule has 0 aliphatic rings. The molecule has 0 saturated heterocycles. The Balaban J connectivity index is 2.92. The highest BCUT2D eigenvalue weighted by Crippen LogP contribution is 2.27. The van der Waals surface area contributed by atoms with Crippen LogP contribution in [0.15, 0.2) is 6.20 Å².